The number of imidazole rings is 1. The summed E-state index contributed by atoms with van der Waals surface area (Å²) in [6, 6.07) is 10.6. The average Bonchev–Trinajstić information content (AvgIpc) is 3.25. The fourth-order valence-corrected chi connectivity index (χ4v) is 3.43. The van der Waals surface area contributed by atoms with Crippen LogP contribution in [0.4, 0.5) is 0 Å². The minimum Gasteiger partial charge on any atom is -0.339 e. The van der Waals surface area contributed by atoms with E-state index in [0.717, 1.165) is 31.4 Å². The molecule has 1 aliphatic rings. The van der Waals surface area contributed by atoms with Crippen LogP contribution in [0.15, 0.2) is 55.2 Å². The van der Waals surface area contributed by atoms with Crippen LogP contribution >= 0.6 is 0 Å². The number of carbonyl (C=O) groups is 1. The number of hydrogen-bond donors (Lipinski definition) is 0. The number of likely N-dealkylation sites (tertiary alicyclic amines) is 1. The monoisotopic (exact) mass is 308 g/mol. The van der Waals surface area contributed by atoms with E-state index in [2.05, 4.69) is 27.8 Å². The van der Waals surface area contributed by atoms with Crippen molar-refractivity contribution in [2.24, 2.45) is 0 Å². The summed E-state index contributed by atoms with van der Waals surface area (Å²) in [6.45, 7) is 2.03. The molecule has 23 heavy (non-hydrogen) atoms. The SMILES string of the molecule is O=C(Cn1ccc2ccccc21)N1CCC[C@H](n2ccnc2)C1. The van der Waals surface area contributed by atoms with Gasteiger partial charge in [0.05, 0.1) is 12.4 Å². The standard InChI is InChI=1S/C18H20N4O/c23-18(13-20-10-7-15-4-1-2-6-17(15)20)21-9-3-5-16(12-21)22-11-8-19-14-22/h1-2,4,6-8,10-11,14,16H,3,5,9,12-13H2/t16-/m0/s1. The number of carbonyl (C=O) groups excluding carboxylic acids is 1. The first kappa shape index (κ1) is 14.1. The molecule has 1 amide bonds. The maximum absolute atomic E-state index is 12.7. The van der Waals surface area contributed by atoms with E-state index < -0.39 is 0 Å². The first-order valence-electron chi connectivity index (χ1n) is 8.10. The van der Waals surface area contributed by atoms with Crippen molar-refractivity contribution in [2.45, 2.75) is 25.4 Å². The summed E-state index contributed by atoms with van der Waals surface area (Å²) in [5, 5.41) is 1.18. The lowest BCUT2D eigenvalue weighted by Gasteiger charge is -2.33. The molecule has 0 bridgehead atoms. The zero-order valence-corrected chi connectivity index (χ0v) is 13.0. The Labute approximate surface area is 135 Å². The van der Waals surface area contributed by atoms with Crippen molar-refractivity contribution in [1.82, 2.24) is 19.0 Å². The average molecular weight is 308 g/mol. The van der Waals surface area contributed by atoms with Gasteiger partial charge in [0.15, 0.2) is 0 Å². The Kier molecular flexibility index (Phi) is 3.61. The van der Waals surface area contributed by atoms with Crippen molar-refractivity contribution in [3.8, 4) is 0 Å². The second-order valence-corrected chi connectivity index (χ2v) is 6.15. The van der Waals surface area contributed by atoms with Gasteiger partial charge in [-0.25, -0.2) is 4.98 Å². The lowest BCUT2D eigenvalue weighted by molar-refractivity contribution is -0.133. The number of para-hydroxylation sites is 1. The molecule has 1 aromatic carbocycles. The number of rotatable bonds is 3. The molecule has 1 saturated heterocycles. The molecule has 2 aromatic heterocycles. The normalized spacial score (nSPS) is 18.4. The van der Waals surface area contributed by atoms with Crippen LogP contribution in [0.2, 0.25) is 0 Å². The molecule has 0 spiro atoms. The molecule has 1 aliphatic heterocycles. The second kappa shape index (κ2) is 5.91. The molecule has 1 fully saturated rings. The van der Waals surface area contributed by atoms with E-state index in [1.165, 1.54) is 5.39 Å². The van der Waals surface area contributed by atoms with Gasteiger partial charge in [0.2, 0.25) is 5.91 Å². The van der Waals surface area contributed by atoms with E-state index in [0.29, 0.717) is 12.6 Å². The Hall–Kier alpha value is -2.56. The van der Waals surface area contributed by atoms with Crippen LogP contribution in [0.3, 0.4) is 0 Å². The van der Waals surface area contributed by atoms with Crippen molar-refractivity contribution in [3.63, 3.8) is 0 Å². The summed E-state index contributed by atoms with van der Waals surface area (Å²) >= 11 is 0. The summed E-state index contributed by atoms with van der Waals surface area (Å²) in [5.41, 5.74) is 1.11. The van der Waals surface area contributed by atoms with E-state index in [1.54, 1.807) is 6.20 Å². The Morgan fingerprint density at radius 2 is 2.13 bits per heavy atom. The van der Waals surface area contributed by atoms with Gasteiger partial charge in [-0.05, 0) is 30.4 Å². The maximum atomic E-state index is 12.7. The van der Waals surface area contributed by atoms with Crippen LogP contribution in [0, 0.1) is 0 Å². The van der Waals surface area contributed by atoms with E-state index in [1.807, 2.05) is 40.3 Å². The zero-order chi connectivity index (χ0) is 15.6. The Morgan fingerprint density at radius 1 is 1.22 bits per heavy atom. The molecule has 5 heteroatoms. The summed E-state index contributed by atoms with van der Waals surface area (Å²) in [4.78, 5) is 18.8. The summed E-state index contributed by atoms with van der Waals surface area (Å²) in [6.07, 6.45) is 9.77. The highest BCUT2D eigenvalue weighted by Crippen LogP contribution is 2.22. The number of fused-ring (bicyclic) bond motifs is 1. The Bertz CT molecular complexity index is 805. The maximum Gasteiger partial charge on any atom is 0.242 e. The Morgan fingerprint density at radius 3 is 3.00 bits per heavy atom. The Balaban J connectivity index is 1.48. The summed E-state index contributed by atoms with van der Waals surface area (Å²) in [7, 11) is 0. The zero-order valence-electron chi connectivity index (χ0n) is 13.0. The first-order chi connectivity index (χ1) is 11.3. The number of benzene rings is 1. The highest BCUT2D eigenvalue weighted by Gasteiger charge is 2.24. The molecule has 0 aliphatic carbocycles. The number of amides is 1. The van der Waals surface area contributed by atoms with Crippen molar-refractivity contribution in [1.29, 1.82) is 0 Å². The molecule has 3 aromatic rings. The van der Waals surface area contributed by atoms with Gasteiger partial charge in [-0.1, -0.05) is 18.2 Å². The van der Waals surface area contributed by atoms with Crippen molar-refractivity contribution in [3.05, 3.63) is 55.2 Å². The van der Waals surface area contributed by atoms with E-state index in [4.69, 9.17) is 0 Å². The molecule has 3 heterocycles. The predicted octanol–water partition coefficient (Wildman–Crippen LogP) is 2.70. The van der Waals surface area contributed by atoms with Crippen molar-refractivity contribution < 1.29 is 4.79 Å². The van der Waals surface area contributed by atoms with Gasteiger partial charge in [-0.2, -0.15) is 0 Å². The van der Waals surface area contributed by atoms with Gasteiger partial charge in [0, 0.05) is 37.2 Å². The molecule has 4 rings (SSSR count). The minimum absolute atomic E-state index is 0.191. The fourth-order valence-electron chi connectivity index (χ4n) is 3.43. The van der Waals surface area contributed by atoms with Crippen LogP contribution in [-0.2, 0) is 11.3 Å². The largest absolute Gasteiger partial charge is 0.339 e. The lowest BCUT2D eigenvalue weighted by Crippen LogP contribution is -2.42. The lowest BCUT2D eigenvalue weighted by atomic mass is 10.1. The van der Waals surface area contributed by atoms with E-state index in [9.17, 15) is 4.79 Å². The third-order valence-electron chi connectivity index (χ3n) is 4.68. The second-order valence-electron chi connectivity index (χ2n) is 6.15. The molecular weight excluding hydrogens is 288 g/mol. The quantitative estimate of drug-likeness (QED) is 0.746. The van der Waals surface area contributed by atoms with Gasteiger partial charge in [-0.15, -0.1) is 0 Å². The molecule has 5 nitrogen and oxygen atoms in total. The van der Waals surface area contributed by atoms with Gasteiger partial charge in [-0.3, -0.25) is 4.79 Å². The number of hydrogen-bond acceptors (Lipinski definition) is 2. The van der Waals surface area contributed by atoms with Gasteiger partial charge in [0.25, 0.3) is 0 Å². The van der Waals surface area contributed by atoms with E-state index in [-0.39, 0.29) is 5.91 Å². The van der Waals surface area contributed by atoms with Crippen LogP contribution < -0.4 is 0 Å². The highest BCUT2D eigenvalue weighted by atomic mass is 16.2. The molecule has 118 valence electrons. The molecular formula is C18H20N4O. The summed E-state index contributed by atoms with van der Waals surface area (Å²) < 4.78 is 4.16. The van der Waals surface area contributed by atoms with Crippen molar-refractivity contribution >= 4 is 16.8 Å². The molecule has 0 N–H and O–H groups in total. The number of nitrogens with zero attached hydrogens (tertiary/aromatic N) is 4. The van der Waals surface area contributed by atoms with Gasteiger partial charge < -0.3 is 14.0 Å². The predicted molar refractivity (Wildman–Crippen MR) is 89.0 cm³/mol. The third kappa shape index (κ3) is 2.74. The fraction of sp³-hybridized carbons (Fsp3) is 0.333. The van der Waals surface area contributed by atoms with E-state index >= 15 is 0 Å². The molecule has 0 radical (unpaired) electrons. The third-order valence-corrected chi connectivity index (χ3v) is 4.68. The van der Waals surface area contributed by atoms with Crippen LogP contribution in [0.5, 0.6) is 0 Å². The van der Waals surface area contributed by atoms with Crippen LogP contribution in [0.1, 0.15) is 18.9 Å². The summed E-state index contributed by atoms with van der Waals surface area (Å²) in [5.74, 6) is 0.191. The topological polar surface area (TPSA) is 43.1 Å². The molecule has 0 unspecified atom stereocenters. The van der Waals surface area contributed by atoms with Crippen LogP contribution in [-0.4, -0.2) is 38.0 Å². The first-order valence-corrected chi connectivity index (χ1v) is 8.10. The van der Waals surface area contributed by atoms with Gasteiger partial charge >= 0.3 is 0 Å². The minimum atomic E-state index is 0.191. The smallest absolute Gasteiger partial charge is 0.242 e. The highest BCUT2D eigenvalue weighted by molar-refractivity contribution is 5.83. The van der Waals surface area contributed by atoms with Crippen molar-refractivity contribution in [2.75, 3.05) is 13.1 Å². The number of piperidine rings is 1. The molecule has 0 saturated carbocycles. The molecule has 1 atom stereocenters. The van der Waals surface area contributed by atoms with Crippen LogP contribution in [0.25, 0.3) is 10.9 Å². The number of aromatic nitrogens is 3. The van der Waals surface area contributed by atoms with Gasteiger partial charge in [0.1, 0.15) is 6.54 Å².